The number of aryl methyl sites for hydroxylation is 1. The van der Waals surface area contributed by atoms with Crippen molar-refractivity contribution in [2.75, 3.05) is 23.8 Å². The van der Waals surface area contributed by atoms with E-state index in [0.29, 0.717) is 12.1 Å². The standard InChI is InChI=1S/C25H31N3O4S/c1-4-18-7-5-10-21(14-18)26-24(29)16-27(3)33(31,32)22-11-12-23-20(15-22)13-17(2)28(23)25(30)19-8-6-9-19/h5,7,10-12,14-15,17,19H,4,6,8-9,13,16H2,1-3H3,(H,26,29)/t17-/m0/s1. The van der Waals surface area contributed by atoms with Gasteiger partial charge in [-0.1, -0.05) is 25.5 Å². The largest absolute Gasteiger partial charge is 0.325 e. The predicted octanol–water partition coefficient (Wildman–Crippen LogP) is 3.59. The van der Waals surface area contributed by atoms with Gasteiger partial charge in [0.2, 0.25) is 21.8 Å². The molecule has 8 heteroatoms. The molecule has 0 aromatic heterocycles. The normalized spacial score (nSPS) is 18.2. The van der Waals surface area contributed by atoms with Gasteiger partial charge in [0, 0.05) is 30.4 Å². The molecule has 0 bridgehead atoms. The smallest absolute Gasteiger partial charge is 0.243 e. The maximum Gasteiger partial charge on any atom is 0.243 e. The van der Waals surface area contributed by atoms with E-state index in [2.05, 4.69) is 5.32 Å². The molecule has 2 aliphatic rings. The van der Waals surface area contributed by atoms with Crippen LogP contribution in [0, 0.1) is 5.92 Å². The number of rotatable bonds is 7. The van der Waals surface area contributed by atoms with E-state index in [0.717, 1.165) is 46.8 Å². The van der Waals surface area contributed by atoms with Gasteiger partial charge in [-0.3, -0.25) is 9.59 Å². The van der Waals surface area contributed by atoms with Crippen molar-refractivity contribution in [3.05, 3.63) is 53.6 Å². The molecule has 176 valence electrons. The molecule has 4 rings (SSSR count). The summed E-state index contributed by atoms with van der Waals surface area (Å²) in [6.45, 7) is 3.73. The molecule has 7 nitrogen and oxygen atoms in total. The van der Waals surface area contributed by atoms with Crippen LogP contribution in [0.3, 0.4) is 0 Å². The van der Waals surface area contributed by atoms with Gasteiger partial charge in [-0.05, 0) is 74.1 Å². The number of likely N-dealkylation sites (N-methyl/N-ethyl adjacent to an activating group) is 1. The summed E-state index contributed by atoms with van der Waals surface area (Å²) < 4.78 is 27.4. The third kappa shape index (κ3) is 4.68. The molecule has 1 fully saturated rings. The third-order valence-electron chi connectivity index (χ3n) is 6.65. The third-order valence-corrected chi connectivity index (χ3v) is 8.45. The lowest BCUT2D eigenvalue weighted by molar-refractivity contribution is -0.125. The number of fused-ring (bicyclic) bond motifs is 1. The van der Waals surface area contributed by atoms with Crippen molar-refractivity contribution in [1.82, 2.24) is 4.31 Å². The van der Waals surface area contributed by atoms with Crippen LogP contribution in [0.4, 0.5) is 11.4 Å². The Labute approximate surface area is 195 Å². The SMILES string of the molecule is CCc1cccc(NC(=O)CN(C)S(=O)(=O)c2ccc3c(c2)C[C@H](C)N3C(=O)C2CCC2)c1. The Hall–Kier alpha value is -2.71. The summed E-state index contributed by atoms with van der Waals surface area (Å²) in [5.41, 5.74) is 3.39. The molecule has 2 aromatic carbocycles. The van der Waals surface area contributed by atoms with Crippen molar-refractivity contribution in [3.63, 3.8) is 0 Å². The Morgan fingerprint density at radius 3 is 2.58 bits per heavy atom. The number of amides is 2. The molecule has 33 heavy (non-hydrogen) atoms. The molecule has 1 heterocycles. The van der Waals surface area contributed by atoms with Gasteiger partial charge >= 0.3 is 0 Å². The summed E-state index contributed by atoms with van der Waals surface area (Å²) in [6, 6.07) is 12.4. The van der Waals surface area contributed by atoms with Crippen molar-refractivity contribution < 1.29 is 18.0 Å². The minimum absolute atomic E-state index is 0.00782. The molecule has 2 aromatic rings. The Morgan fingerprint density at radius 1 is 1.15 bits per heavy atom. The van der Waals surface area contributed by atoms with E-state index in [-0.39, 0.29) is 29.3 Å². The Kier molecular flexibility index (Phi) is 6.59. The summed E-state index contributed by atoms with van der Waals surface area (Å²) in [5, 5.41) is 2.77. The van der Waals surface area contributed by atoms with Crippen molar-refractivity contribution in [3.8, 4) is 0 Å². The van der Waals surface area contributed by atoms with Crippen molar-refractivity contribution in [2.45, 2.75) is 56.9 Å². The molecule has 0 radical (unpaired) electrons. The van der Waals surface area contributed by atoms with E-state index in [1.54, 1.807) is 18.2 Å². The molecule has 1 saturated carbocycles. The molecular weight excluding hydrogens is 438 g/mol. The molecule has 2 amide bonds. The van der Waals surface area contributed by atoms with E-state index in [9.17, 15) is 18.0 Å². The highest BCUT2D eigenvalue weighted by Gasteiger charge is 2.37. The first kappa shape index (κ1) is 23.4. The lowest BCUT2D eigenvalue weighted by Gasteiger charge is -2.32. The van der Waals surface area contributed by atoms with E-state index in [4.69, 9.17) is 0 Å². The Bertz CT molecular complexity index is 1170. The van der Waals surface area contributed by atoms with Gasteiger partial charge < -0.3 is 10.2 Å². The highest BCUT2D eigenvalue weighted by Crippen LogP contribution is 2.38. The maximum absolute atomic E-state index is 13.1. The molecule has 0 unspecified atom stereocenters. The average Bonchev–Trinajstić information content (AvgIpc) is 3.07. The quantitative estimate of drug-likeness (QED) is 0.671. The van der Waals surface area contributed by atoms with E-state index >= 15 is 0 Å². The lowest BCUT2D eigenvalue weighted by Crippen LogP contribution is -2.42. The summed E-state index contributed by atoms with van der Waals surface area (Å²) >= 11 is 0. The van der Waals surface area contributed by atoms with Crippen LogP contribution in [-0.4, -0.2) is 44.2 Å². The number of carbonyl (C=O) groups excluding carboxylic acids is 2. The zero-order chi connectivity index (χ0) is 23.8. The fraction of sp³-hybridized carbons (Fsp3) is 0.440. The fourth-order valence-electron chi connectivity index (χ4n) is 4.49. The van der Waals surface area contributed by atoms with Crippen molar-refractivity contribution in [2.24, 2.45) is 5.92 Å². The van der Waals surface area contributed by atoms with Crippen LogP contribution in [0.2, 0.25) is 0 Å². The summed E-state index contributed by atoms with van der Waals surface area (Å²) in [4.78, 5) is 27.3. The summed E-state index contributed by atoms with van der Waals surface area (Å²) in [6.07, 6.45) is 4.42. The van der Waals surface area contributed by atoms with Gasteiger partial charge in [-0.2, -0.15) is 4.31 Å². The number of hydrogen-bond donors (Lipinski definition) is 1. The number of nitrogens with zero attached hydrogens (tertiary/aromatic N) is 2. The monoisotopic (exact) mass is 469 g/mol. The molecule has 0 saturated heterocycles. The van der Waals surface area contributed by atoms with Crippen LogP contribution in [0.1, 0.15) is 44.2 Å². The van der Waals surface area contributed by atoms with Crippen LogP contribution in [0.15, 0.2) is 47.4 Å². The van der Waals surface area contributed by atoms with Gasteiger partial charge in [0.25, 0.3) is 0 Å². The van der Waals surface area contributed by atoms with Gasteiger partial charge in [-0.15, -0.1) is 0 Å². The van der Waals surface area contributed by atoms with Gasteiger partial charge in [-0.25, -0.2) is 8.42 Å². The van der Waals surface area contributed by atoms with Crippen molar-refractivity contribution >= 4 is 33.2 Å². The first-order valence-corrected chi connectivity index (χ1v) is 13.0. The lowest BCUT2D eigenvalue weighted by atomic mass is 9.84. The molecule has 1 N–H and O–H groups in total. The highest BCUT2D eigenvalue weighted by molar-refractivity contribution is 7.89. The van der Waals surface area contributed by atoms with Crippen LogP contribution < -0.4 is 10.2 Å². The van der Waals surface area contributed by atoms with Crippen LogP contribution in [-0.2, 0) is 32.5 Å². The fourth-order valence-corrected chi connectivity index (χ4v) is 5.67. The van der Waals surface area contributed by atoms with Gasteiger partial charge in [0.05, 0.1) is 11.4 Å². The Balaban J connectivity index is 1.47. The number of carbonyl (C=O) groups is 2. The zero-order valence-electron chi connectivity index (χ0n) is 19.4. The van der Waals surface area contributed by atoms with Crippen LogP contribution in [0.5, 0.6) is 0 Å². The van der Waals surface area contributed by atoms with Crippen molar-refractivity contribution in [1.29, 1.82) is 0 Å². The number of benzene rings is 2. The zero-order valence-corrected chi connectivity index (χ0v) is 20.2. The average molecular weight is 470 g/mol. The molecule has 1 aliphatic carbocycles. The summed E-state index contributed by atoms with van der Waals surface area (Å²) in [7, 11) is -2.45. The first-order valence-electron chi connectivity index (χ1n) is 11.5. The Morgan fingerprint density at radius 2 is 1.91 bits per heavy atom. The van der Waals surface area contributed by atoms with Crippen LogP contribution >= 0.6 is 0 Å². The van der Waals surface area contributed by atoms with E-state index in [1.165, 1.54) is 13.1 Å². The van der Waals surface area contributed by atoms with Gasteiger partial charge in [0.1, 0.15) is 0 Å². The number of nitrogens with one attached hydrogen (secondary N) is 1. The van der Waals surface area contributed by atoms with Crippen LogP contribution in [0.25, 0.3) is 0 Å². The topological polar surface area (TPSA) is 86.8 Å². The number of anilines is 2. The predicted molar refractivity (Wildman–Crippen MR) is 129 cm³/mol. The summed E-state index contributed by atoms with van der Waals surface area (Å²) in [5.74, 6) is -0.171. The number of hydrogen-bond acceptors (Lipinski definition) is 4. The second kappa shape index (κ2) is 9.27. The minimum atomic E-state index is -3.86. The first-order chi connectivity index (χ1) is 15.7. The van der Waals surface area contributed by atoms with Gasteiger partial charge in [0.15, 0.2) is 0 Å². The maximum atomic E-state index is 13.1. The molecule has 1 aliphatic heterocycles. The second-order valence-corrected chi connectivity index (χ2v) is 11.1. The molecular formula is C25H31N3O4S. The molecule has 1 atom stereocenters. The number of sulfonamides is 1. The molecule has 0 spiro atoms. The van der Waals surface area contributed by atoms with E-state index in [1.807, 2.05) is 36.9 Å². The highest BCUT2D eigenvalue weighted by atomic mass is 32.2. The second-order valence-electron chi connectivity index (χ2n) is 9.04. The minimum Gasteiger partial charge on any atom is -0.325 e. The van der Waals surface area contributed by atoms with E-state index < -0.39 is 15.9 Å².